The number of hydrogen-bond acceptors (Lipinski definition) is 3. The van der Waals surface area contributed by atoms with Gasteiger partial charge >= 0.3 is 0 Å². The lowest BCUT2D eigenvalue weighted by Crippen LogP contribution is -2.39. The Hall–Kier alpha value is -0.130. The Labute approximate surface area is 112 Å². The lowest BCUT2D eigenvalue weighted by Gasteiger charge is -2.27. The summed E-state index contributed by atoms with van der Waals surface area (Å²) in [6.07, 6.45) is 4.26. The Bertz CT molecular complexity index is 337. The first kappa shape index (κ1) is 15.9. The summed E-state index contributed by atoms with van der Waals surface area (Å²) in [5.74, 6) is 0.619. The second-order valence-electron chi connectivity index (χ2n) is 5.75. The number of nitrogens with one attached hydrogen (secondary N) is 1. The summed E-state index contributed by atoms with van der Waals surface area (Å²) >= 11 is 0. The maximum Gasteiger partial charge on any atom is 0.214 e. The van der Waals surface area contributed by atoms with E-state index in [0.29, 0.717) is 12.0 Å². The molecule has 0 radical (unpaired) electrons. The van der Waals surface area contributed by atoms with Crippen LogP contribution in [0, 0.1) is 5.92 Å². The summed E-state index contributed by atoms with van der Waals surface area (Å²) in [6.45, 7) is 7.02. The van der Waals surface area contributed by atoms with Crippen LogP contribution < -0.4 is 5.32 Å². The van der Waals surface area contributed by atoms with Gasteiger partial charge in [-0.2, -0.15) is 0 Å². The van der Waals surface area contributed by atoms with Crippen molar-refractivity contribution >= 4 is 10.0 Å². The molecule has 0 spiro atoms. The van der Waals surface area contributed by atoms with Gasteiger partial charge in [0.1, 0.15) is 0 Å². The summed E-state index contributed by atoms with van der Waals surface area (Å²) in [4.78, 5) is 0. The summed E-state index contributed by atoms with van der Waals surface area (Å²) < 4.78 is 25.7. The van der Waals surface area contributed by atoms with Crippen LogP contribution in [-0.4, -0.2) is 44.2 Å². The number of unbranched alkanes of at least 4 members (excludes halogenated alkanes) is 1. The Morgan fingerprint density at radius 1 is 1.22 bits per heavy atom. The quantitative estimate of drug-likeness (QED) is 0.654. The van der Waals surface area contributed by atoms with Gasteiger partial charge in [0.2, 0.25) is 10.0 Å². The molecule has 1 aliphatic carbocycles. The number of rotatable bonds is 9. The molecular formula is C13H28N2O2S. The normalized spacial score (nSPS) is 18.6. The minimum Gasteiger partial charge on any atom is -0.314 e. The maximum absolute atomic E-state index is 12.1. The molecule has 0 aromatic carbocycles. The van der Waals surface area contributed by atoms with Crippen molar-refractivity contribution in [3.63, 3.8) is 0 Å². The molecule has 1 aliphatic rings. The van der Waals surface area contributed by atoms with E-state index < -0.39 is 10.0 Å². The molecule has 108 valence electrons. The smallest absolute Gasteiger partial charge is 0.214 e. The van der Waals surface area contributed by atoms with Crippen LogP contribution >= 0.6 is 0 Å². The third-order valence-electron chi connectivity index (χ3n) is 3.82. The van der Waals surface area contributed by atoms with Crippen molar-refractivity contribution in [1.82, 2.24) is 9.62 Å². The summed E-state index contributed by atoms with van der Waals surface area (Å²) in [6, 6.07) is 0.782. The molecule has 0 amide bonds. The second kappa shape index (κ2) is 6.87. The molecule has 1 unspecified atom stereocenters. The largest absolute Gasteiger partial charge is 0.314 e. The fraction of sp³-hybridized carbons (Fsp3) is 1.00. The van der Waals surface area contributed by atoms with E-state index in [1.54, 1.807) is 7.05 Å². The van der Waals surface area contributed by atoms with E-state index in [2.05, 4.69) is 19.2 Å². The fourth-order valence-electron chi connectivity index (χ4n) is 1.82. The van der Waals surface area contributed by atoms with Gasteiger partial charge in [-0.3, -0.25) is 0 Å². The van der Waals surface area contributed by atoms with Crippen molar-refractivity contribution in [2.45, 2.75) is 58.5 Å². The average molecular weight is 276 g/mol. The Morgan fingerprint density at radius 3 is 2.33 bits per heavy atom. The molecule has 0 bridgehead atoms. The zero-order valence-corrected chi connectivity index (χ0v) is 13.0. The lowest BCUT2D eigenvalue weighted by molar-refractivity contribution is 0.315. The Kier molecular flexibility index (Phi) is 6.08. The predicted octanol–water partition coefficient (Wildman–Crippen LogP) is 1.82. The molecule has 4 nitrogen and oxygen atoms in total. The molecule has 1 N–H and O–H groups in total. The van der Waals surface area contributed by atoms with Crippen molar-refractivity contribution in [3.05, 3.63) is 0 Å². The van der Waals surface area contributed by atoms with Gasteiger partial charge in [0.15, 0.2) is 0 Å². The van der Waals surface area contributed by atoms with E-state index in [1.807, 2.05) is 6.92 Å². The minimum absolute atomic E-state index is 0.0691. The molecule has 0 saturated heterocycles. The number of nitrogens with zero attached hydrogens (tertiary/aromatic N) is 1. The summed E-state index contributed by atoms with van der Waals surface area (Å²) in [5, 5.41) is 3.40. The average Bonchev–Trinajstić information content (AvgIpc) is 3.10. The molecule has 1 saturated carbocycles. The van der Waals surface area contributed by atoms with Crippen molar-refractivity contribution in [1.29, 1.82) is 0 Å². The second-order valence-corrected chi connectivity index (χ2v) is 7.90. The van der Waals surface area contributed by atoms with Crippen LogP contribution in [0.4, 0.5) is 0 Å². The first-order valence-corrected chi connectivity index (χ1v) is 8.64. The van der Waals surface area contributed by atoms with Crippen LogP contribution in [0.15, 0.2) is 0 Å². The van der Waals surface area contributed by atoms with Crippen LogP contribution in [0.25, 0.3) is 0 Å². The number of sulfonamides is 1. The molecule has 1 atom stereocenters. The molecule has 0 aromatic heterocycles. The molecule has 18 heavy (non-hydrogen) atoms. The van der Waals surface area contributed by atoms with Crippen LogP contribution in [0.3, 0.4) is 0 Å². The SMILES string of the molecule is CC(C)C(C)N(C)S(=O)(=O)CCCCNC1CC1. The fourth-order valence-corrected chi connectivity index (χ4v) is 3.43. The van der Waals surface area contributed by atoms with Crippen LogP contribution in [0.2, 0.25) is 0 Å². The molecule has 0 aromatic rings. The highest BCUT2D eigenvalue weighted by molar-refractivity contribution is 7.89. The molecule has 1 fully saturated rings. The highest BCUT2D eigenvalue weighted by Crippen LogP contribution is 2.18. The molecule has 0 heterocycles. The first-order valence-electron chi connectivity index (χ1n) is 7.03. The van der Waals surface area contributed by atoms with Gasteiger partial charge < -0.3 is 5.32 Å². The van der Waals surface area contributed by atoms with Crippen molar-refractivity contribution in [3.8, 4) is 0 Å². The van der Waals surface area contributed by atoms with E-state index in [9.17, 15) is 8.42 Å². The van der Waals surface area contributed by atoms with E-state index in [1.165, 1.54) is 17.1 Å². The Balaban J connectivity index is 2.24. The standard InChI is InChI=1S/C13H28N2O2S/c1-11(2)12(3)15(4)18(16,17)10-6-5-9-14-13-7-8-13/h11-14H,5-10H2,1-4H3. The third kappa shape index (κ3) is 5.24. The van der Waals surface area contributed by atoms with E-state index in [-0.39, 0.29) is 11.8 Å². The zero-order valence-electron chi connectivity index (χ0n) is 12.1. The number of hydrogen-bond donors (Lipinski definition) is 1. The summed E-state index contributed by atoms with van der Waals surface area (Å²) in [5.41, 5.74) is 0. The molecular weight excluding hydrogens is 248 g/mol. The van der Waals surface area contributed by atoms with Gasteiger partial charge in [-0.1, -0.05) is 13.8 Å². The van der Waals surface area contributed by atoms with Crippen molar-refractivity contribution < 1.29 is 8.42 Å². The summed E-state index contributed by atoms with van der Waals surface area (Å²) in [7, 11) is -1.39. The zero-order chi connectivity index (χ0) is 13.8. The minimum atomic E-state index is -3.08. The first-order chi connectivity index (χ1) is 8.34. The van der Waals surface area contributed by atoms with E-state index in [0.717, 1.165) is 19.4 Å². The molecule has 5 heteroatoms. The highest BCUT2D eigenvalue weighted by Gasteiger charge is 2.24. The van der Waals surface area contributed by atoms with E-state index >= 15 is 0 Å². The molecule has 1 rings (SSSR count). The van der Waals surface area contributed by atoms with Crippen molar-refractivity contribution in [2.75, 3.05) is 19.3 Å². The van der Waals surface area contributed by atoms with Crippen molar-refractivity contribution in [2.24, 2.45) is 5.92 Å². The lowest BCUT2D eigenvalue weighted by atomic mass is 10.1. The monoisotopic (exact) mass is 276 g/mol. The van der Waals surface area contributed by atoms with Crippen LogP contribution in [0.5, 0.6) is 0 Å². The van der Waals surface area contributed by atoms with Gasteiger partial charge in [0.25, 0.3) is 0 Å². The van der Waals surface area contributed by atoms with Crippen LogP contribution in [0.1, 0.15) is 46.5 Å². The van der Waals surface area contributed by atoms with Gasteiger partial charge in [0.05, 0.1) is 5.75 Å². The van der Waals surface area contributed by atoms with Gasteiger partial charge in [-0.15, -0.1) is 0 Å². The van der Waals surface area contributed by atoms with Gasteiger partial charge in [0, 0.05) is 19.1 Å². The van der Waals surface area contributed by atoms with E-state index in [4.69, 9.17) is 0 Å². The maximum atomic E-state index is 12.1. The molecule has 0 aliphatic heterocycles. The van der Waals surface area contributed by atoms with Gasteiger partial charge in [-0.05, 0) is 45.1 Å². The predicted molar refractivity (Wildman–Crippen MR) is 76.1 cm³/mol. The van der Waals surface area contributed by atoms with Gasteiger partial charge in [-0.25, -0.2) is 12.7 Å². The Morgan fingerprint density at radius 2 is 1.83 bits per heavy atom. The third-order valence-corrected chi connectivity index (χ3v) is 5.83. The topological polar surface area (TPSA) is 49.4 Å². The van der Waals surface area contributed by atoms with Crippen LogP contribution in [-0.2, 0) is 10.0 Å². The highest BCUT2D eigenvalue weighted by atomic mass is 32.2.